The Labute approximate surface area is 107 Å². The topological polar surface area (TPSA) is 101 Å². The number of nitro benzene ring substituents is 1. The number of nitrogens with zero attached hydrogens (tertiary/aromatic N) is 1. The van der Waals surface area contributed by atoms with Crippen LogP contribution in [0.5, 0.6) is 0 Å². The van der Waals surface area contributed by atoms with Crippen molar-refractivity contribution < 1.29 is 22.1 Å². The highest BCUT2D eigenvalue weighted by molar-refractivity contribution is 7.92. The molecule has 10 heteroatoms. The Morgan fingerprint density at radius 2 is 1.95 bits per heavy atom. The number of nitrogens with one attached hydrogen (secondary N) is 2. The molecular weight excluding hydrogens is 284 g/mol. The van der Waals surface area contributed by atoms with Gasteiger partial charge in [0.15, 0.2) is 5.82 Å². The first kappa shape index (κ1) is 15.2. The molecule has 0 saturated carbocycles. The fourth-order valence-corrected chi connectivity index (χ4v) is 2.28. The lowest BCUT2D eigenvalue weighted by molar-refractivity contribution is -0.387. The van der Waals surface area contributed by atoms with Crippen molar-refractivity contribution in [3.63, 3.8) is 0 Å². The molecule has 19 heavy (non-hydrogen) atoms. The van der Waals surface area contributed by atoms with E-state index in [1.54, 1.807) is 0 Å². The summed E-state index contributed by atoms with van der Waals surface area (Å²) in [5.74, 6) is -2.95. The second kappa shape index (κ2) is 5.89. The van der Waals surface area contributed by atoms with Gasteiger partial charge in [-0.3, -0.25) is 14.8 Å². The molecule has 0 radical (unpaired) electrons. The van der Waals surface area contributed by atoms with Crippen LogP contribution in [0.25, 0.3) is 0 Å². The lowest BCUT2D eigenvalue weighted by Gasteiger charge is -2.08. The fraction of sp³-hybridized carbons (Fsp3) is 0.333. The van der Waals surface area contributed by atoms with Gasteiger partial charge in [-0.1, -0.05) is 0 Å². The van der Waals surface area contributed by atoms with E-state index in [1.165, 1.54) is 7.05 Å². The summed E-state index contributed by atoms with van der Waals surface area (Å²) in [6, 6.07) is 0.760. The predicted molar refractivity (Wildman–Crippen MR) is 64.3 cm³/mol. The summed E-state index contributed by atoms with van der Waals surface area (Å²) in [5, 5.41) is 13.1. The van der Waals surface area contributed by atoms with Crippen LogP contribution in [0.2, 0.25) is 0 Å². The Kier molecular flexibility index (Phi) is 4.72. The molecule has 106 valence electrons. The number of hydrogen-bond acceptors (Lipinski definition) is 5. The highest BCUT2D eigenvalue weighted by atomic mass is 32.2. The standard InChI is InChI=1S/C9H11F2N3O4S/c1-12-2-3-19(17,18)13-8-5-9(14(15)16)7(11)4-6(8)10/h4-5,12-13H,2-3H2,1H3. The maximum absolute atomic E-state index is 13.3. The van der Waals surface area contributed by atoms with Gasteiger partial charge in [0.1, 0.15) is 0 Å². The van der Waals surface area contributed by atoms with Crippen molar-refractivity contribution >= 4 is 21.4 Å². The molecule has 0 amide bonds. The van der Waals surface area contributed by atoms with Crippen molar-refractivity contribution in [2.24, 2.45) is 0 Å². The van der Waals surface area contributed by atoms with Crippen LogP contribution >= 0.6 is 0 Å². The molecule has 0 aliphatic heterocycles. The summed E-state index contributed by atoms with van der Waals surface area (Å²) in [4.78, 5) is 9.41. The minimum absolute atomic E-state index is 0.111. The first-order chi connectivity index (χ1) is 8.76. The van der Waals surface area contributed by atoms with Gasteiger partial charge in [0.2, 0.25) is 15.8 Å². The van der Waals surface area contributed by atoms with E-state index in [1.807, 2.05) is 4.72 Å². The summed E-state index contributed by atoms with van der Waals surface area (Å²) < 4.78 is 51.2. The van der Waals surface area contributed by atoms with Crippen LogP contribution in [-0.2, 0) is 10.0 Å². The van der Waals surface area contributed by atoms with Crippen LogP contribution in [-0.4, -0.2) is 32.7 Å². The van der Waals surface area contributed by atoms with Crippen LogP contribution < -0.4 is 10.0 Å². The quantitative estimate of drug-likeness (QED) is 0.598. The summed E-state index contributed by atoms with van der Waals surface area (Å²) in [5.41, 5.74) is -1.67. The van der Waals surface area contributed by atoms with Crippen LogP contribution in [0.3, 0.4) is 0 Å². The Balaban J connectivity index is 3.08. The summed E-state index contributed by atoms with van der Waals surface area (Å²) >= 11 is 0. The first-order valence-electron chi connectivity index (χ1n) is 5.05. The maximum atomic E-state index is 13.3. The van der Waals surface area contributed by atoms with E-state index in [4.69, 9.17) is 0 Å². The molecule has 0 aliphatic carbocycles. The molecular formula is C9H11F2N3O4S. The van der Waals surface area contributed by atoms with Gasteiger partial charge < -0.3 is 5.32 Å². The van der Waals surface area contributed by atoms with E-state index in [9.17, 15) is 27.3 Å². The molecule has 0 atom stereocenters. The normalized spacial score (nSPS) is 11.3. The van der Waals surface area contributed by atoms with Gasteiger partial charge in [0, 0.05) is 18.7 Å². The zero-order valence-corrected chi connectivity index (χ0v) is 10.6. The van der Waals surface area contributed by atoms with Gasteiger partial charge in [0.05, 0.1) is 16.4 Å². The van der Waals surface area contributed by atoms with Crippen LogP contribution in [0.15, 0.2) is 12.1 Å². The lowest BCUT2D eigenvalue weighted by atomic mass is 10.2. The first-order valence-corrected chi connectivity index (χ1v) is 6.70. The third kappa shape index (κ3) is 4.10. The molecule has 0 heterocycles. The van der Waals surface area contributed by atoms with Gasteiger partial charge >= 0.3 is 5.69 Å². The number of rotatable bonds is 6. The Hall–Kier alpha value is -1.81. The summed E-state index contributed by atoms with van der Waals surface area (Å²) in [6.45, 7) is 0.111. The molecule has 0 unspecified atom stereocenters. The van der Waals surface area contributed by atoms with Gasteiger partial charge in [-0.2, -0.15) is 4.39 Å². The van der Waals surface area contributed by atoms with E-state index in [0.717, 1.165) is 0 Å². The van der Waals surface area contributed by atoms with E-state index in [2.05, 4.69) is 5.32 Å². The molecule has 0 fully saturated rings. The Morgan fingerprint density at radius 3 is 2.47 bits per heavy atom. The van der Waals surface area contributed by atoms with Crippen LogP contribution in [0.4, 0.5) is 20.2 Å². The predicted octanol–water partition coefficient (Wildman–Crippen LogP) is 0.834. The smallest absolute Gasteiger partial charge is 0.307 e. The maximum Gasteiger partial charge on any atom is 0.307 e. The SMILES string of the molecule is CNCCS(=O)(=O)Nc1cc([N+](=O)[O-])c(F)cc1F. The summed E-state index contributed by atoms with van der Waals surface area (Å²) in [7, 11) is -2.35. The molecule has 0 aliphatic rings. The number of nitro groups is 1. The zero-order chi connectivity index (χ0) is 14.6. The molecule has 1 aromatic carbocycles. The number of sulfonamides is 1. The molecule has 0 bridgehead atoms. The number of benzene rings is 1. The third-order valence-electron chi connectivity index (χ3n) is 2.12. The molecule has 0 aromatic heterocycles. The van der Waals surface area contributed by atoms with Crippen molar-refractivity contribution in [1.29, 1.82) is 0 Å². The second-order valence-corrected chi connectivity index (χ2v) is 5.41. The van der Waals surface area contributed by atoms with Crippen molar-refractivity contribution in [2.45, 2.75) is 0 Å². The Bertz CT molecular complexity index is 591. The summed E-state index contributed by atoms with van der Waals surface area (Å²) in [6.07, 6.45) is 0. The van der Waals surface area contributed by atoms with Gasteiger partial charge in [-0.15, -0.1) is 0 Å². The van der Waals surface area contributed by atoms with E-state index in [0.29, 0.717) is 6.07 Å². The highest BCUT2D eigenvalue weighted by Crippen LogP contribution is 2.25. The van der Waals surface area contributed by atoms with Crippen molar-refractivity contribution in [2.75, 3.05) is 24.1 Å². The molecule has 2 N–H and O–H groups in total. The van der Waals surface area contributed by atoms with Crippen LogP contribution in [0, 0.1) is 21.7 Å². The molecule has 1 rings (SSSR count). The molecule has 1 aromatic rings. The minimum Gasteiger partial charge on any atom is -0.319 e. The van der Waals surface area contributed by atoms with Crippen molar-refractivity contribution in [3.05, 3.63) is 33.9 Å². The monoisotopic (exact) mass is 295 g/mol. The third-order valence-corrected chi connectivity index (χ3v) is 3.39. The van der Waals surface area contributed by atoms with Gasteiger partial charge in [-0.05, 0) is 7.05 Å². The fourth-order valence-electron chi connectivity index (χ4n) is 1.21. The number of halogens is 2. The largest absolute Gasteiger partial charge is 0.319 e. The number of hydrogen-bond donors (Lipinski definition) is 2. The van der Waals surface area contributed by atoms with Crippen LogP contribution in [0.1, 0.15) is 0 Å². The molecule has 0 spiro atoms. The van der Waals surface area contributed by atoms with Crippen molar-refractivity contribution in [3.8, 4) is 0 Å². The van der Waals surface area contributed by atoms with E-state index in [-0.39, 0.29) is 18.4 Å². The van der Waals surface area contributed by atoms with Gasteiger partial charge in [-0.25, -0.2) is 12.8 Å². The minimum atomic E-state index is -3.87. The average Bonchev–Trinajstić information content (AvgIpc) is 2.29. The second-order valence-electron chi connectivity index (χ2n) is 3.57. The van der Waals surface area contributed by atoms with Gasteiger partial charge in [0.25, 0.3) is 0 Å². The van der Waals surface area contributed by atoms with Crippen molar-refractivity contribution in [1.82, 2.24) is 5.32 Å². The number of anilines is 1. The van der Waals surface area contributed by atoms with E-state index >= 15 is 0 Å². The highest BCUT2D eigenvalue weighted by Gasteiger charge is 2.21. The van der Waals surface area contributed by atoms with E-state index < -0.39 is 38.0 Å². The molecule has 0 saturated heterocycles. The Morgan fingerprint density at radius 1 is 1.32 bits per heavy atom. The zero-order valence-electron chi connectivity index (χ0n) is 9.81. The average molecular weight is 295 g/mol. The molecule has 7 nitrogen and oxygen atoms in total. The lowest BCUT2D eigenvalue weighted by Crippen LogP contribution is -2.25.